The molecule has 2 aliphatic rings. The maximum atomic E-state index is 12.7. The first-order valence-corrected chi connectivity index (χ1v) is 9.09. The summed E-state index contributed by atoms with van der Waals surface area (Å²) in [6.07, 6.45) is 3.07. The maximum Gasteiger partial charge on any atom is 0.237 e. The Morgan fingerprint density at radius 3 is 2.72 bits per heavy atom. The average Bonchev–Trinajstić information content (AvgIpc) is 2.61. The average molecular weight is 345 g/mol. The van der Waals surface area contributed by atoms with Gasteiger partial charge in [-0.3, -0.25) is 14.5 Å². The fourth-order valence-electron chi connectivity index (χ4n) is 3.78. The van der Waals surface area contributed by atoms with Crippen LogP contribution in [0.2, 0.25) is 0 Å². The SMILES string of the molecule is C[C@H](C(=O)N[C@H]1CCOc2ccccc21)N1CCC(CC(N)=O)CC1. The van der Waals surface area contributed by atoms with Crippen molar-refractivity contribution in [3.05, 3.63) is 29.8 Å². The van der Waals surface area contributed by atoms with Crippen molar-refractivity contribution >= 4 is 11.8 Å². The minimum absolute atomic E-state index is 0.00676. The Kier molecular flexibility index (Phi) is 5.58. The summed E-state index contributed by atoms with van der Waals surface area (Å²) in [4.78, 5) is 26.0. The number of hydrogen-bond acceptors (Lipinski definition) is 4. The lowest BCUT2D eigenvalue weighted by Crippen LogP contribution is -2.49. The first kappa shape index (κ1) is 17.7. The van der Waals surface area contributed by atoms with Crippen LogP contribution in [0.15, 0.2) is 24.3 Å². The molecule has 2 amide bonds. The Morgan fingerprint density at radius 1 is 1.28 bits per heavy atom. The number of ether oxygens (including phenoxy) is 1. The fourth-order valence-corrected chi connectivity index (χ4v) is 3.78. The third-order valence-electron chi connectivity index (χ3n) is 5.34. The van der Waals surface area contributed by atoms with Crippen molar-refractivity contribution in [1.82, 2.24) is 10.2 Å². The van der Waals surface area contributed by atoms with Crippen LogP contribution in [0.4, 0.5) is 0 Å². The smallest absolute Gasteiger partial charge is 0.237 e. The summed E-state index contributed by atoms with van der Waals surface area (Å²) < 4.78 is 5.66. The molecule has 0 radical (unpaired) electrons. The number of likely N-dealkylation sites (tertiary alicyclic amines) is 1. The minimum atomic E-state index is -0.234. The van der Waals surface area contributed by atoms with Gasteiger partial charge in [0.15, 0.2) is 0 Å². The van der Waals surface area contributed by atoms with Crippen molar-refractivity contribution in [2.45, 2.75) is 44.7 Å². The monoisotopic (exact) mass is 345 g/mol. The van der Waals surface area contributed by atoms with Crippen LogP contribution >= 0.6 is 0 Å². The molecule has 0 saturated carbocycles. The van der Waals surface area contributed by atoms with Crippen LogP contribution in [0.5, 0.6) is 5.75 Å². The molecule has 6 heteroatoms. The number of para-hydroxylation sites is 1. The number of nitrogens with two attached hydrogens (primary N) is 1. The number of hydrogen-bond donors (Lipinski definition) is 2. The van der Waals surface area contributed by atoms with Gasteiger partial charge in [0.1, 0.15) is 5.75 Å². The lowest BCUT2D eigenvalue weighted by Gasteiger charge is -2.36. The van der Waals surface area contributed by atoms with Gasteiger partial charge in [-0.05, 0) is 44.8 Å². The molecular formula is C19H27N3O3. The third kappa shape index (κ3) is 4.31. The molecule has 0 unspecified atom stereocenters. The second-order valence-electron chi connectivity index (χ2n) is 7.06. The van der Waals surface area contributed by atoms with E-state index in [1.807, 2.05) is 31.2 Å². The number of carbonyl (C=O) groups excluding carboxylic acids is 2. The van der Waals surface area contributed by atoms with Crippen LogP contribution in [0, 0.1) is 5.92 Å². The number of rotatable bonds is 5. The quantitative estimate of drug-likeness (QED) is 0.849. The van der Waals surface area contributed by atoms with E-state index in [-0.39, 0.29) is 23.9 Å². The summed E-state index contributed by atoms with van der Waals surface area (Å²) in [5.74, 6) is 1.03. The van der Waals surface area contributed by atoms with Crippen molar-refractivity contribution in [1.29, 1.82) is 0 Å². The van der Waals surface area contributed by atoms with E-state index in [0.717, 1.165) is 43.7 Å². The number of piperidine rings is 1. The zero-order valence-electron chi connectivity index (χ0n) is 14.7. The van der Waals surface area contributed by atoms with Crippen molar-refractivity contribution in [2.24, 2.45) is 11.7 Å². The first-order valence-electron chi connectivity index (χ1n) is 9.09. The summed E-state index contributed by atoms with van der Waals surface area (Å²) >= 11 is 0. The van der Waals surface area contributed by atoms with E-state index in [1.165, 1.54) is 0 Å². The van der Waals surface area contributed by atoms with E-state index >= 15 is 0 Å². The van der Waals surface area contributed by atoms with Crippen LogP contribution in [-0.4, -0.2) is 42.5 Å². The molecule has 6 nitrogen and oxygen atoms in total. The van der Waals surface area contributed by atoms with E-state index < -0.39 is 0 Å². The summed E-state index contributed by atoms with van der Waals surface area (Å²) in [7, 11) is 0. The van der Waals surface area contributed by atoms with E-state index in [9.17, 15) is 9.59 Å². The van der Waals surface area contributed by atoms with E-state index in [2.05, 4.69) is 10.2 Å². The second-order valence-corrected chi connectivity index (χ2v) is 7.06. The van der Waals surface area contributed by atoms with Gasteiger partial charge in [-0.2, -0.15) is 0 Å². The summed E-state index contributed by atoms with van der Waals surface area (Å²) in [5, 5.41) is 3.18. The molecule has 0 aliphatic carbocycles. The summed E-state index contributed by atoms with van der Waals surface area (Å²) in [6, 6.07) is 7.71. The minimum Gasteiger partial charge on any atom is -0.493 e. The number of amides is 2. The molecule has 0 spiro atoms. The zero-order chi connectivity index (χ0) is 17.8. The van der Waals surface area contributed by atoms with Crippen molar-refractivity contribution in [3.8, 4) is 5.75 Å². The molecule has 25 heavy (non-hydrogen) atoms. The largest absolute Gasteiger partial charge is 0.493 e. The number of carbonyl (C=O) groups is 2. The molecule has 0 bridgehead atoms. The highest BCUT2D eigenvalue weighted by atomic mass is 16.5. The van der Waals surface area contributed by atoms with E-state index in [1.54, 1.807) is 0 Å². The molecule has 2 heterocycles. The van der Waals surface area contributed by atoms with Gasteiger partial charge in [0.2, 0.25) is 11.8 Å². The van der Waals surface area contributed by atoms with Gasteiger partial charge in [-0.25, -0.2) is 0 Å². The zero-order valence-corrected chi connectivity index (χ0v) is 14.7. The molecule has 1 aromatic carbocycles. The van der Waals surface area contributed by atoms with Crippen LogP contribution in [0.3, 0.4) is 0 Å². The van der Waals surface area contributed by atoms with Gasteiger partial charge in [-0.1, -0.05) is 18.2 Å². The van der Waals surface area contributed by atoms with Crippen LogP contribution in [-0.2, 0) is 9.59 Å². The van der Waals surface area contributed by atoms with Gasteiger partial charge in [-0.15, -0.1) is 0 Å². The first-order chi connectivity index (χ1) is 12.0. The van der Waals surface area contributed by atoms with Gasteiger partial charge in [0.05, 0.1) is 18.7 Å². The van der Waals surface area contributed by atoms with Crippen LogP contribution in [0.1, 0.15) is 44.2 Å². The fraction of sp³-hybridized carbons (Fsp3) is 0.579. The van der Waals surface area contributed by atoms with Crippen molar-refractivity contribution < 1.29 is 14.3 Å². The van der Waals surface area contributed by atoms with Gasteiger partial charge in [0.25, 0.3) is 0 Å². The van der Waals surface area contributed by atoms with Crippen molar-refractivity contribution in [2.75, 3.05) is 19.7 Å². The van der Waals surface area contributed by atoms with Crippen LogP contribution in [0.25, 0.3) is 0 Å². The third-order valence-corrected chi connectivity index (χ3v) is 5.34. The van der Waals surface area contributed by atoms with Crippen molar-refractivity contribution in [3.63, 3.8) is 0 Å². The normalized spacial score (nSPS) is 22.5. The summed E-state index contributed by atoms with van der Waals surface area (Å²) in [6.45, 7) is 4.23. The standard InChI is InChI=1S/C19H27N3O3/c1-13(22-9-6-14(7-10-22)12-18(20)23)19(24)21-16-8-11-25-17-5-3-2-4-15(16)17/h2-5,13-14,16H,6-12H2,1H3,(H2,20,23)(H,21,24)/t13-,16+/m1/s1. The molecule has 0 aromatic heterocycles. The molecule has 3 N–H and O–H groups in total. The van der Waals surface area contributed by atoms with Gasteiger partial charge >= 0.3 is 0 Å². The number of nitrogens with zero attached hydrogens (tertiary/aromatic N) is 1. The molecule has 136 valence electrons. The lowest BCUT2D eigenvalue weighted by molar-refractivity contribution is -0.128. The Labute approximate surface area is 148 Å². The Bertz CT molecular complexity index is 626. The van der Waals surface area contributed by atoms with E-state index in [0.29, 0.717) is 18.9 Å². The topological polar surface area (TPSA) is 84.7 Å². The Morgan fingerprint density at radius 2 is 2.00 bits per heavy atom. The molecule has 3 rings (SSSR count). The molecule has 2 aliphatic heterocycles. The number of nitrogens with one attached hydrogen (secondary N) is 1. The number of primary amides is 1. The Balaban J connectivity index is 1.55. The number of fused-ring (bicyclic) bond motifs is 1. The molecule has 2 atom stereocenters. The summed E-state index contributed by atoms with van der Waals surface area (Å²) in [5.41, 5.74) is 6.33. The highest BCUT2D eigenvalue weighted by Crippen LogP contribution is 2.31. The van der Waals surface area contributed by atoms with Gasteiger partial charge in [0, 0.05) is 18.4 Å². The molecule has 1 fully saturated rings. The van der Waals surface area contributed by atoms with Gasteiger partial charge < -0.3 is 15.8 Å². The van der Waals surface area contributed by atoms with E-state index in [4.69, 9.17) is 10.5 Å². The Hall–Kier alpha value is -2.08. The van der Waals surface area contributed by atoms with Crippen LogP contribution < -0.4 is 15.8 Å². The maximum absolute atomic E-state index is 12.7. The molecule has 1 saturated heterocycles. The lowest BCUT2D eigenvalue weighted by atomic mass is 9.92. The molecular weight excluding hydrogens is 318 g/mol. The predicted molar refractivity (Wildman–Crippen MR) is 95.0 cm³/mol. The highest BCUT2D eigenvalue weighted by Gasteiger charge is 2.30. The predicted octanol–water partition coefficient (Wildman–Crippen LogP) is 1.60. The molecule has 1 aromatic rings. The highest BCUT2D eigenvalue weighted by molar-refractivity contribution is 5.82. The number of benzene rings is 1. The second kappa shape index (κ2) is 7.87.